The number of anilines is 2. The summed E-state index contributed by atoms with van der Waals surface area (Å²) in [5.41, 5.74) is 4.96. The Morgan fingerprint density at radius 2 is 1.91 bits per heavy atom. The van der Waals surface area contributed by atoms with Crippen molar-refractivity contribution in [2.75, 3.05) is 5.32 Å². The number of aromatic nitrogens is 7. The van der Waals surface area contributed by atoms with Crippen LogP contribution in [-0.2, 0) is 0 Å². The predicted molar refractivity (Wildman–Crippen MR) is 126 cm³/mol. The lowest BCUT2D eigenvalue weighted by Gasteiger charge is -2.14. The molecule has 0 spiro atoms. The zero-order valence-electron chi connectivity index (χ0n) is 18.8. The molecule has 0 radical (unpaired) electrons. The van der Waals surface area contributed by atoms with Crippen LogP contribution in [-0.4, -0.2) is 39.6 Å². The minimum Gasteiger partial charge on any atom is -0.389 e. The fourth-order valence-electron chi connectivity index (χ4n) is 3.71. The van der Waals surface area contributed by atoms with Gasteiger partial charge in [0.05, 0.1) is 22.8 Å². The maximum absolute atomic E-state index is 10.3. The van der Waals surface area contributed by atoms with Crippen molar-refractivity contribution < 1.29 is 5.11 Å². The summed E-state index contributed by atoms with van der Waals surface area (Å²) >= 11 is 0. The van der Waals surface area contributed by atoms with Crippen LogP contribution in [0.15, 0.2) is 54.9 Å². The fraction of sp³-hybridized carbons (Fsp3) is 0.167. The van der Waals surface area contributed by atoms with Crippen LogP contribution in [0.3, 0.4) is 0 Å². The second-order valence-electron chi connectivity index (χ2n) is 7.96. The van der Waals surface area contributed by atoms with Crippen molar-refractivity contribution in [1.82, 2.24) is 34.5 Å². The van der Waals surface area contributed by atoms with E-state index in [4.69, 9.17) is 4.98 Å². The van der Waals surface area contributed by atoms with E-state index in [1.54, 1.807) is 24.0 Å². The van der Waals surface area contributed by atoms with E-state index >= 15 is 0 Å². The number of nitrogens with one attached hydrogen (secondary N) is 1. The molecule has 4 heterocycles. The molecule has 0 amide bonds. The Bertz CT molecular complexity index is 1540. The number of aliphatic hydroxyl groups excluding tert-OH is 1. The molecule has 0 bridgehead atoms. The van der Waals surface area contributed by atoms with E-state index in [2.05, 4.69) is 25.6 Å². The third kappa shape index (κ3) is 3.85. The van der Waals surface area contributed by atoms with Gasteiger partial charge in [0.15, 0.2) is 17.3 Å². The molecule has 5 rings (SSSR count). The third-order valence-corrected chi connectivity index (χ3v) is 5.41. The van der Waals surface area contributed by atoms with Crippen molar-refractivity contribution in [2.24, 2.45) is 0 Å². The number of aliphatic hydroxyl groups is 1. The largest absolute Gasteiger partial charge is 0.389 e. The quantitative estimate of drug-likeness (QED) is 0.414. The van der Waals surface area contributed by atoms with Crippen molar-refractivity contribution in [2.45, 2.75) is 26.9 Å². The van der Waals surface area contributed by atoms with Gasteiger partial charge >= 0.3 is 0 Å². The Balaban J connectivity index is 1.55. The monoisotopic (exact) mass is 451 g/mol. The Morgan fingerprint density at radius 3 is 2.62 bits per heavy atom. The summed E-state index contributed by atoms with van der Waals surface area (Å²) < 4.78 is 3.44. The van der Waals surface area contributed by atoms with Gasteiger partial charge in [-0.15, -0.1) is 5.10 Å². The second kappa shape index (κ2) is 8.38. The number of hydrogen-bond donors (Lipinski definition) is 2. The van der Waals surface area contributed by atoms with Gasteiger partial charge in [0.25, 0.3) is 0 Å². The molecule has 10 heteroatoms. The molecular formula is C24H21N9O. The van der Waals surface area contributed by atoms with Crippen LogP contribution in [0.25, 0.3) is 22.7 Å². The van der Waals surface area contributed by atoms with Crippen molar-refractivity contribution in [1.29, 1.82) is 5.26 Å². The number of nitrogens with zero attached hydrogens (tertiary/aromatic N) is 8. The van der Waals surface area contributed by atoms with E-state index in [1.807, 2.05) is 66.9 Å². The first-order valence-corrected chi connectivity index (χ1v) is 10.6. The second-order valence-corrected chi connectivity index (χ2v) is 7.96. The number of aryl methyl sites for hydroxylation is 2. The minimum atomic E-state index is -0.760. The highest BCUT2D eigenvalue weighted by Gasteiger charge is 2.17. The average Bonchev–Trinajstić information content (AvgIpc) is 3.43. The number of fused-ring (bicyclic) bond motifs is 1. The number of hydrogen-bond acceptors (Lipinski definition) is 8. The van der Waals surface area contributed by atoms with Gasteiger partial charge in [0.2, 0.25) is 0 Å². The first-order valence-electron chi connectivity index (χ1n) is 10.6. The van der Waals surface area contributed by atoms with Gasteiger partial charge in [-0.2, -0.15) is 15.5 Å². The smallest absolute Gasteiger partial charge is 0.163 e. The molecule has 1 atom stereocenters. The SMILES string of the molecule is Cc1ccc(Nc2ccc3c(c2)ncn3-c2ccc([C@H](C)O)c(-n3nc(C#N)cc3C)n2)nn1. The maximum Gasteiger partial charge on any atom is 0.163 e. The molecule has 0 saturated heterocycles. The molecule has 0 saturated carbocycles. The summed E-state index contributed by atoms with van der Waals surface area (Å²) in [4.78, 5) is 9.32. The molecule has 1 aromatic carbocycles. The molecule has 34 heavy (non-hydrogen) atoms. The summed E-state index contributed by atoms with van der Waals surface area (Å²) in [5.74, 6) is 1.72. The van der Waals surface area contributed by atoms with Crippen LogP contribution in [0.5, 0.6) is 0 Å². The first-order chi connectivity index (χ1) is 16.4. The van der Waals surface area contributed by atoms with Crippen LogP contribution in [0.1, 0.15) is 35.7 Å². The fourth-order valence-corrected chi connectivity index (χ4v) is 3.71. The highest BCUT2D eigenvalue weighted by atomic mass is 16.3. The molecule has 5 aromatic rings. The summed E-state index contributed by atoms with van der Waals surface area (Å²) in [5, 5.41) is 35.3. The number of benzene rings is 1. The maximum atomic E-state index is 10.3. The van der Waals surface area contributed by atoms with Gasteiger partial charge in [-0.3, -0.25) is 4.57 Å². The number of nitriles is 1. The summed E-state index contributed by atoms with van der Waals surface area (Å²) in [6.07, 6.45) is 0.939. The van der Waals surface area contributed by atoms with Gasteiger partial charge in [0, 0.05) is 16.9 Å². The van der Waals surface area contributed by atoms with Gasteiger partial charge in [-0.25, -0.2) is 14.6 Å². The van der Waals surface area contributed by atoms with E-state index in [-0.39, 0.29) is 5.69 Å². The van der Waals surface area contributed by atoms with E-state index < -0.39 is 6.10 Å². The molecule has 0 aliphatic carbocycles. The first kappa shape index (κ1) is 21.2. The standard InChI is InChI=1S/C24H21N9O/c1-14-4-8-22(30-29-14)27-17-5-7-21-20(11-17)26-13-32(21)23-9-6-19(16(3)34)24(28-23)33-15(2)10-18(12-25)31-33/h4-11,13,16,34H,1-3H3,(H,27,30)/t16-/m0/s1. The van der Waals surface area contributed by atoms with Crippen molar-refractivity contribution >= 4 is 22.5 Å². The van der Waals surface area contributed by atoms with Gasteiger partial charge in [-0.05, 0) is 69.3 Å². The number of imidazole rings is 1. The molecule has 10 nitrogen and oxygen atoms in total. The van der Waals surface area contributed by atoms with Gasteiger partial charge in [-0.1, -0.05) is 0 Å². The molecule has 0 unspecified atom stereocenters. The van der Waals surface area contributed by atoms with Gasteiger partial charge < -0.3 is 10.4 Å². The lowest BCUT2D eigenvalue weighted by Crippen LogP contribution is -2.10. The van der Waals surface area contributed by atoms with Crippen LogP contribution < -0.4 is 5.32 Å². The Hall–Kier alpha value is -4.62. The van der Waals surface area contributed by atoms with E-state index in [0.717, 1.165) is 28.1 Å². The Kier molecular flexibility index (Phi) is 5.24. The molecule has 0 aliphatic heterocycles. The van der Waals surface area contributed by atoms with Crippen LogP contribution in [0.4, 0.5) is 11.5 Å². The topological polar surface area (TPSA) is 130 Å². The molecule has 0 fully saturated rings. The van der Waals surface area contributed by atoms with E-state index in [0.29, 0.717) is 23.0 Å². The average molecular weight is 451 g/mol. The zero-order valence-corrected chi connectivity index (χ0v) is 18.8. The molecular weight excluding hydrogens is 430 g/mol. The Morgan fingerprint density at radius 1 is 1.06 bits per heavy atom. The third-order valence-electron chi connectivity index (χ3n) is 5.41. The lowest BCUT2D eigenvalue weighted by molar-refractivity contribution is 0.198. The van der Waals surface area contributed by atoms with E-state index in [1.165, 1.54) is 0 Å². The summed E-state index contributed by atoms with van der Waals surface area (Å²) in [6, 6.07) is 16.9. The lowest BCUT2D eigenvalue weighted by atomic mass is 10.1. The molecule has 168 valence electrons. The van der Waals surface area contributed by atoms with E-state index in [9.17, 15) is 10.4 Å². The highest BCUT2D eigenvalue weighted by Crippen LogP contribution is 2.26. The van der Waals surface area contributed by atoms with Crippen LogP contribution in [0, 0.1) is 25.2 Å². The number of rotatable bonds is 5. The number of pyridine rings is 1. The van der Waals surface area contributed by atoms with Crippen LogP contribution >= 0.6 is 0 Å². The summed E-state index contributed by atoms with van der Waals surface area (Å²) in [6.45, 7) is 5.40. The Labute approximate surface area is 195 Å². The highest BCUT2D eigenvalue weighted by molar-refractivity contribution is 5.82. The van der Waals surface area contributed by atoms with Gasteiger partial charge in [0.1, 0.15) is 18.2 Å². The molecule has 0 aliphatic rings. The summed E-state index contributed by atoms with van der Waals surface area (Å²) in [7, 11) is 0. The van der Waals surface area contributed by atoms with Crippen molar-refractivity contribution in [3.63, 3.8) is 0 Å². The zero-order chi connectivity index (χ0) is 23.8. The minimum absolute atomic E-state index is 0.285. The predicted octanol–water partition coefficient (Wildman–Crippen LogP) is 3.68. The molecule has 4 aromatic heterocycles. The van der Waals surface area contributed by atoms with Crippen LogP contribution in [0.2, 0.25) is 0 Å². The van der Waals surface area contributed by atoms with Crippen molar-refractivity contribution in [3.8, 4) is 17.7 Å². The molecule has 2 N–H and O–H groups in total. The normalized spacial score (nSPS) is 12.0. The van der Waals surface area contributed by atoms with Crippen molar-refractivity contribution in [3.05, 3.63) is 77.5 Å².